The highest BCUT2D eigenvalue weighted by Gasteiger charge is 2.43. The van der Waals surface area contributed by atoms with E-state index in [1.165, 1.54) is 16.8 Å². The number of H-pyrrole nitrogens is 1. The van der Waals surface area contributed by atoms with Gasteiger partial charge in [0.15, 0.2) is 12.3 Å². The second-order valence-corrected chi connectivity index (χ2v) is 7.12. The third kappa shape index (κ3) is 5.56. The second-order valence-electron chi connectivity index (χ2n) is 7.12. The van der Waals surface area contributed by atoms with Crippen LogP contribution in [0.1, 0.15) is 37.4 Å². The number of anilines is 2. The van der Waals surface area contributed by atoms with Crippen LogP contribution in [-0.2, 0) is 6.18 Å². The van der Waals surface area contributed by atoms with Gasteiger partial charge in [-0.25, -0.2) is 24.1 Å². The molecule has 2 heterocycles. The molecule has 1 saturated carbocycles. The molecule has 1 aliphatic rings. The van der Waals surface area contributed by atoms with Gasteiger partial charge in [0.25, 0.3) is 12.3 Å². The highest BCUT2D eigenvalue weighted by molar-refractivity contribution is 5.55. The predicted octanol–water partition coefficient (Wildman–Crippen LogP) is 5.40. The number of aromatic nitrogens is 3. The maximum absolute atomic E-state index is 13.2. The normalized spacial score (nSPS) is 20.2. The Bertz CT molecular complexity index is 872. The van der Waals surface area contributed by atoms with Crippen molar-refractivity contribution in [1.29, 1.82) is 0 Å². The average molecular weight is 459 g/mol. The molecular formula is C18H19F8N4O+. The van der Waals surface area contributed by atoms with Gasteiger partial charge in [0.05, 0.1) is 12.0 Å². The lowest BCUT2D eigenvalue weighted by molar-refractivity contribution is -0.716. The van der Waals surface area contributed by atoms with E-state index in [2.05, 4.69) is 15.3 Å². The zero-order valence-corrected chi connectivity index (χ0v) is 15.9. The molecule has 2 N–H and O–H groups in total. The van der Waals surface area contributed by atoms with E-state index in [4.69, 9.17) is 4.74 Å². The molecule has 1 aliphatic carbocycles. The van der Waals surface area contributed by atoms with Gasteiger partial charge in [-0.05, 0) is 37.8 Å². The van der Waals surface area contributed by atoms with E-state index in [1.807, 2.05) is 0 Å². The third-order valence-electron chi connectivity index (χ3n) is 5.02. The standard InChI is InChI=1S/C18H18F8N4O/c19-13(20)9-31-14-8-28-16(29-12-2-1-7-27-15(12)18(24,25)26)30(14)11-5-3-10(4-6-11)17(21,22)23/h1-2,7-8,10-11,13H,3-6,9H2,(H,28,29)/p+1. The Hall–Kier alpha value is -2.60. The molecule has 5 nitrogen and oxygen atoms in total. The van der Waals surface area contributed by atoms with Gasteiger partial charge in [-0.15, -0.1) is 0 Å². The Morgan fingerprint density at radius 2 is 1.81 bits per heavy atom. The molecule has 3 rings (SSSR count). The van der Waals surface area contributed by atoms with E-state index >= 15 is 0 Å². The first-order valence-electron chi connectivity index (χ1n) is 9.36. The molecule has 1 fully saturated rings. The number of alkyl halides is 8. The van der Waals surface area contributed by atoms with Gasteiger partial charge in [0.1, 0.15) is 11.9 Å². The van der Waals surface area contributed by atoms with Gasteiger partial charge in [-0.2, -0.15) is 30.9 Å². The molecule has 0 aliphatic heterocycles. The Balaban J connectivity index is 1.90. The second kappa shape index (κ2) is 8.87. The highest BCUT2D eigenvalue weighted by Crippen LogP contribution is 2.41. The molecular weight excluding hydrogens is 440 g/mol. The smallest absolute Gasteiger partial charge is 0.436 e. The van der Waals surface area contributed by atoms with Crippen LogP contribution >= 0.6 is 0 Å². The molecule has 0 unspecified atom stereocenters. The van der Waals surface area contributed by atoms with Crippen molar-refractivity contribution in [3.63, 3.8) is 0 Å². The summed E-state index contributed by atoms with van der Waals surface area (Å²) < 4.78 is 110. The molecule has 0 atom stereocenters. The number of halogens is 8. The van der Waals surface area contributed by atoms with E-state index in [-0.39, 0.29) is 37.5 Å². The highest BCUT2D eigenvalue weighted by atomic mass is 19.4. The summed E-state index contributed by atoms with van der Waals surface area (Å²) in [6, 6.07) is 1.81. The predicted molar refractivity (Wildman–Crippen MR) is 92.1 cm³/mol. The number of aromatic amines is 1. The van der Waals surface area contributed by atoms with Gasteiger partial charge < -0.3 is 4.74 Å². The maximum atomic E-state index is 13.2. The largest absolute Gasteiger partial charge is 0.460 e. The van der Waals surface area contributed by atoms with Crippen molar-refractivity contribution in [3.05, 3.63) is 30.2 Å². The molecule has 0 spiro atoms. The van der Waals surface area contributed by atoms with Crippen molar-refractivity contribution in [3.8, 4) is 5.88 Å². The van der Waals surface area contributed by atoms with E-state index in [9.17, 15) is 35.1 Å². The zero-order valence-electron chi connectivity index (χ0n) is 15.9. The Morgan fingerprint density at radius 3 is 2.39 bits per heavy atom. The van der Waals surface area contributed by atoms with E-state index in [0.717, 1.165) is 12.3 Å². The maximum Gasteiger partial charge on any atom is 0.436 e. The van der Waals surface area contributed by atoms with Crippen LogP contribution in [0.2, 0.25) is 0 Å². The van der Waals surface area contributed by atoms with E-state index in [1.54, 1.807) is 0 Å². The molecule has 31 heavy (non-hydrogen) atoms. The van der Waals surface area contributed by atoms with Crippen molar-refractivity contribution in [1.82, 2.24) is 9.97 Å². The van der Waals surface area contributed by atoms with Crippen LogP contribution in [0.5, 0.6) is 5.88 Å². The topological polar surface area (TPSA) is 53.8 Å². The fourth-order valence-electron chi connectivity index (χ4n) is 3.62. The molecule has 0 bridgehead atoms. The van der Waals surface area contributed by atoms with Gasteiger partial charge in [0.2, 0.25) is 0 Å². The Morgan fingerprint density at radius 1 is 1.13 bits per heavy atom. The van der Waals surface area contributed by atoms with Crippen molar-refractivity contribution >= 4 is 11.6 Å². The number of rotatable bonds is 6. The lowest BCUT2D eigenvalue weighted by Gasteiger charge is -2.29. The molecule has 2 aromatic heterocycles. The van der Waals surface area contributed by atoms with Crippen LogP contribution in [0.4, 0.5) is 46.8 Å². The minimum Gasteiger partial charge on any atom is -0.460 e. The first kappa shape index (κ1) is 23.1. The van der Waals surface area contributed by atoms with Crippen LogP contribution in [-0.4, -0.2) is 29.2 Å². The van der Waals surface area contributed by atoms with Crippen LogP contribution in [0.15, 0.2) is 24.5 Å². The Labute approximate surface area is 171 Å². The van der Waals surface area contributed by atoms with Crippen LogP contribution in [0, 0.1) is 5.92 Å². The number of ether oxygens (including phenoxy) is 1. The lowest BCUT2D eigenvalue weighted by Crippen LogP contribution is -2.45. The lowest BCUT2D eigenvalue weighted by atomic mass is 9.85. The fraction of sp³-hybridized carbons (Fsp3) is 0.556. The van der Waals surface area contributed by atoms with Crippen molar-refractivity contribution in [2.75, 3.05) is 11.9 Å². The van der Waals surface area contributed by atoms with E-state index < -0.39 is 48.7 Å². The summed E-state index contributed by atoms with van der Waals surface area (Å²) in [6.45, 7) is -0.976. The van der Waals surface area contributed by atoms with E-state index in [0.29, 0.717) is 0 Å². The van der Waals surface area contributed by atoms with Crippen LogP contribution < -0.4 is 14.6 Å². The summed E-state index contributed by atoms with van der Waals surface area (Å²) in [4.78, 5) is 5.95. The van der Waals surface area contributed by atoms with Crippen molar-refractivity contribution < 1.29 is 44.4 Å². The number of hydrogen-bond donors (Lipinski definition) is 2. The Kier molecular flexibility index (Phi) is 6.60. The fourth-order valence-corrected chi connectivity index (χ4v) is 3.62. The summed E-state index contributed by atoms with van der Waals surface area (Å²) in [5.74, 6) is -1.64. The molecule has 0 saturated heterocycles. The van der Waals surface area contributed by atoms with Gasteiger partial charge in [-0.1, -0.05) is 0 Å². The number of pyridine rings is 1. The minimum atomic E-state index is -4.76. The number of nitrogens with zero attached hydrogens (tertiary/aromatic N) is 2. The van der Waals surface area contributed by atoms with Gasteiger partial charge in [0, 0.05) is 6.20 Å². The molecule has 172 valence electrons. The average Bonchev–Trinajstić information content (AvgIpc) is 3.08. The summed E-state index contributed by atoms with van der Waals surface area (Å²) in [5, 5.41) is 2.53. The van der Waals surface area contributed by atoms with Crippen LogP contribution in [0.25, 0.3) is 0 Å². The number of nitrogens with one attached hydrogen (secondary N) is 2. The molecule has 0 radical (unpaired) electrons. The molecule has 13 heteroatoms. The molecule has 0 aromatic carbocycles. The van der Waals surface area contributed by atoms with Crippen molar-refractivity contribution in [2.24, 2.45) is 5.92 Å². The molecule has 2 aromatic rings. The minimum absolute atomic E-state index is 0.0433. The summed E-state index contributed by atoms with van der Waals surface area (Å²) in [5.41, 5.74) is -1.61. The quantitative estimate of drug-likeness (QED) is 0.450. The van der Waals surface area contributed by atoms with Gasteiger partial charge in [-0.3, -0.25) is 0 Å². The summed E-state index contributed by atoms with van der Waals surface area (Å²) in [6.07, 6.45) is -10.1. The monoisotopic (exact) mass is 459 g/mol. The third-order valence-corrected chi connectivity index (χ3v) is 5.02. The number of imidazole rings is 1. The van der Waals surface area contributed by atoms with Crippen LogP contribution in [0.3, 0.4) is 0 Å². The van der Waals surface area contributed by atoms with Gasteiger partial charge >= 0.3 is 18.3 Å². The molecule has 0 amide bonds. The van der Waals surface area contributed by atoms with Crippen molar-refractivity contribution in [2.45, 2.75) is 50.5 Å². The SMILES string of the molecule is FC(F)COc1c[nH]c(Nc2cccnc2C(F)(F)F)[n+]1C1CCC(C(F)(F)F)CC1. The first-order valence-corrected chi connectivity index (χ1v) is 9.36. The zero-order chi connectivity index (χ0) is 22.8. The number of hydrogen-bond acceptors (Lipinski definition) is 3. The summed E-state index contributed by atoms with van der Waals surface area (Å²) >= 11 is 0. The summed E-state index contributed by atoms with van der Waals surface area (Å²) in [7, 11) is 0. The first-order chi connectivity index (χ1) is 14.5.